The van der Waals surface area contributed by atoms with Crippen LogP contribution in [0.1, 0.15) is 25.7 Å². The topological polar surface area (TPSA) is 89.9 Å². The summed E-state index contributed by atoms with van der Waals surface area (Å²) in [6, 6.07) is 0.184. The Morgan fingerprint density at radius 3 is 2.18 bits per heavy atom. The van der Waals surface area contributed by atoms with Crippen LogP contribution in [0.2, 0.25) is 0 Å². The summed E-state index contributed by atoms with van der Waals surface area (Å²) in [7, 11) is 1.84. The maximum atomic E-state index is 10.8. The van der Waals surface area contributed by atoms with Crippen molar-refractivity contribution in [2.75, 3.05) is 20.1 Å². The van der Waals surface area contributed by atoms with Crippen LogP contribution >= 0.6 is 0 Å². The number of rotatable bonds is 6. The summed E-state index contributed by atoms with van der Waals surface area (Å²) in [4.78, 5) is 23.1. The molecule has 6 nitrogen and oxygen atoms in total. The van der Waals surface area contributed by atoms with Crippen molar-refractivity contribution in [3.63, 3.8) is 0 Å². The van der Waals surface area contributed by atoms with Crippen molar-refractivity contribution in [2.24, 2.45) is 0 Å². The Morgan fingerprint density at radius 2 is 1.71 bits per heavy atom. The Labute approximate surface area is 101 Å². The van der Waals surface area contributed by atoms with Gasteiger partial charge >= 0.3 is 11.9 Å². The number of aliphatic carboxylic acids is 2. The molecule has 2 atom stereocenters. The van der Waals surface area contributed by atoms with E-state index in [2.05, 4.69) is 5.32 Å². The van der Waals surface area contributed by atoms with E-state index in [1.54, 1.807) is 4.90 Å². The molecule has 6 heteroatoms. The molecule has 0 spiro atoms. The number of nitrogens with zero attached hydrogens (tertiary/aromatic N) is 1. The van der Waals surface area contributed by atoms with Crippen LogP contribution in [0.5, 0.6) is 0 Å². The molecule has 1 rings (SSSR count). The maximum Gasteiger partial charge on any atom is 0.317 e. The smallest absolute Gasteiger partial charge is 0.317 e. The maximum absolute atomic E-state index is 10.8. The lowest BCUT2D eigenvalue weighted by Gasteiger charge is -2.38. The van der Waals surface area contributed by atoms with Gasteiger partial charge in [-0.1, -0.05) is 12.8 Å². The minimum Gasteiger partial charge on any atom is -0.480 e. The van der Waals surface area contributed by atoms with Gasteiger partial charge in [-0.15, -0.1) is 0 Å². The van der Waals surface area contributed by atoms with Gasteiger partial charge in [0.1, 0.15) is 0 Å². The van der Waals surface area contributed by atoms with E-state index in [1.807, 2.05) is 7.05 Å². The predicted molar refractivity (Wildman–Crippen MR) is 61.9 cm³/mol. The second-order valence-electron chi connectivity index (χ2n) is 4.44. The minimum atomic E-state index is -0.980. The molecule has 0 bridgehead atoms. The molecule has 2 unspecified atom stereocenters. The number of carboxylic acids is 2. The van der Waals surface area contributed by atoms with E-state index in [4.69, 9.17) is 10.2 Å². The largest absolute Gasteiger partial charge is 0.480 e. The molecule has 17 heavy (non-hydrogen) atoms. The molecule has 0 radical (unpaired) electrons. The van der Waals surface area contributed by atoms with E-state index in [-0.39, 0.29) is 25.2 Å². The lowest BCUT2D eigenvalue weighted by molar-refractivity contribution is -0.143. The lowest BCUT2D eigenvalue weighted by atomic mass is 9.89. The third-order valence-electron chi connectivity index (χ3n) is 3.25. The fourth-order valence-electron chi connectivity index (χ4n) is 2.52. The van der Waals surface area contributed by atoms with Crippen molar-refractivity contribution < 1.29 is 19.8 Å². The zero-order valence-corrected chi connectivity index (χ0v) is 10.1. The SMILES string of the molecule is CNC1CCCCC1N(CC(=O)O)CC(=O)O. The number of likely N-dealkylation sites (N-methyl/N-ethyl adjacent to an activating group) is 1. The molecule has 0 heterocycles. The molecular formula is C11H20N2O4. The molecule has 1 aliphatic rings. The van der Waals surface area contributed by atoms with E-state index in [1.165, 1.54) is 0 Å². The van der Waals surface area contributed by atoms with Gasteiger partial charge in [0.2, 0.25) is 0 Å². The fourth-order valence-corrected chi connectivity index (χ4v) is 2.52. The van der Waals surface area contributed by atoms with Crippen LogP contribution in [0.15, 0.2) is 0 Å². The van der Waals surface area contributed by atoms with Gasteiger partial charge in [0, 0.05) is 12.1 Å². The molecule has 0 aromatic rings. The standard InChI is InChI=1S/C11H20N2O4/c1-12-8-4-2-3-5-9(8)13(6-10(14)15)7-11(16)17/h8-9,12H,2-7H2,1H3,(H,14,15)(H,16,17). The highest BCUT2D eigenvalue weighted by Crippen LogP contribution is 2.22. The first kappa shape index (κ1) is 13.9. The monoisotopic (exact) mass is 244 g/mol. The van der Waals surface area contributed by atoms with Crippen molar-refractivity contribution in [2.45, 2.75) is 37.8 Å². The second kappa shape index (κ2) is 6.56. The van der Waals surface area contributed by atoms with Crippen molar-refractivity contribution in [1.29, 1.82) is 0 Å². The molecule has 1 saturated carbocycles. The van der Waals surface area contributed by atoms with Crippen LogP contribution in [-0.4, -0.2) is 59.3 Å². The molecule has 0 saturated heterocycles. The molecular weight excluding hydrogens is 224 g/mol. The van der Waals surface area contributed by atoms with Gasteiger partial charge in [0.25, 0.3) is 0 Å². The summed E-state index contributed by atoms with van der Waals surface area (Å²) in [5.41, 5.74) is 0. The van der Waals surface area contributed by atoms with E-state index in [0.29, 0.717) is 0 Å². The predicted octanol–water partition coefficient (Wildman–Crippen LogP) is -0.0118. The first-order valence-electron chi connectivity index (χ1n) is 5.89. The highest BCUT2D eigenvalue weighted by molar-refractivity contribution is 5.72. The lowest BCUT2D eigenvalue weighted by Crippen LogP contribution is -2.53. The quantitative estimate of drug-likeness (QED) is 0.609. The Balaban J connectivity index is 2.71. The molecule has 0 amide bonds. The van der Waals surface area contributed by atoms with Gasteiger partial charge in [-0.05, 0) is 19.9 Å². The van der Waals surface area contributed by atoms with Crippen molar-refractivity contribution >= 4 is 11.9 Å². The van der Waals surface area contributed by atoms with E-state index >= 15 is 0 Å². The van der Waals surface area contributed by atoms with Crippen molar-refractivity contribution in [3.05, 3.63) is 0 Å². The first-order valence-corrected chi connectivity index (χ1v) is 5.89. The first-order chi connectivity index (χ1) is 8.04. The Hall–Kier alpha value is -1.14. The number of hydrogen-bond acceptors (Lipinski definition) is 4. The van der Waals surface area contributed by atoms with E-state index < -0.39 is 11.9 Å². The summed E-state index contributed by atoms with van der Waals surface area (Å²) < 4.78 is 0. The average molecular weight is 244 g/mol. The Bertz CT molecular complexity index is 267. The van der Waals surface area contributed by atoms with Crippen LogP contribution in [0.4, 0.5) is 0 Å². The number of nitrogens with one attached hydrogen (secondary N) is 1. The summed E-state index contributed by atoms with van der Waals surface area (Å²) in [6.45, 7) is -0.426. The molecule has 0 aromatic heterocycles. The van der Waals surface area contributed by atoms with Crippen molar-refractivity contribution in [1.82, 2.24) is 10.2 Å². The summed E-state index contributed by atoms with van der Waals surface area (Å²) in [5, 5.41) is 20.8. The summed E-state index contributed by atoms with van der Waals surface area (Å²) in [5.74, 6) is -1.96. The zero-order chi connectivity index (χ0) is 12.8. The zero-order valence-electron chi connectivity index (χ0n) is 10.1. The van der Waals surface area contributed by atoms with Crippen LogP contribution in [0.3, 0.4) is 0 Å². The van der Waals surface area contributed by atoms with Gasteiger partial charge < -0.3 is 15.5 Å². The third-order valence-corrected chi connectivity index (χ3v) is 3.25. The van der Waals surface area contributed by atoms with E-state index in [9.17, 15) is 9.59 Å². The summed E-state index contributed by atoms with van der Waals surface area (Å²) in [6.07, 6.45) is 3.96. The molecule has 0 aromatic carbocycles. The third kappa shape index (κ3) is 4.32. The van der Waals surface area contributed by atoms with Crippen LogP contribution < -0.4 is 5.32 Å². The molecule has 0 aliphatic heterocycles. The minimum absolute atomic E-state index is 0.000880. The fraction of sp³-hybridized carbons (Fsp3) is 0.818. The molecule has 1 aliphatic carbocycles. The van der Waals surface area contributed by atoms with Crippen LogP contribution in [-0.2, 0) is 9.59 Å². The average Bonchev–Trinajstić information content (AvgIpc) is 2.27. The number of carbonyl (C=O) groups is 2. The van der Waals surface area contributed by atoms with Gasteiger partial charge in [0.15, 0.2) is 0 Å². The number of carboxylic acid groups (broad SMARTS) is 2. The van der Waals surface area contributed by atoms with Gasteiger partial charge in [-0.2, -0.15) is 0 Å². The number of hydrogen-bond donors (Lipinski definition) is 3. The van der Waals surface area contributed by atoms with E-state index in [0.717, 1.165) is 25.7 Å². The van der Waals surface area contributed by atoms with Crippen LogP contribution in [0, 0.1) is 0 Å². The Kier molecular flexibility index (Phi) is 5.37. The Morgan fingerprint density at radius 1 is 1.18 bits per heavy atom. The molecule has 3 N–H and O–H groups in total. The van der Waals surface area contributed by atoms with Gasteiger partial charge in [0.05, 0.1) is 13.1 Å². The highest BCUT2D eigenvalue weighted by atomic mass is 16.4. The highest BCUT2D eigenvalue weighted by Gasteiger charge is 2.31. The summed E-state index contributed by atoms with van der Waals surface area (Å²) >= 11 is 0. The van der Waals surface area contributed by atoms with Crippen LogP contribution in [0.25, 0.3) is 0 Å². The van der Waals surface area contributed by atoms with Gasteiger partial charge in [-0.25, -0.2) is 0 Å². The van der Waals surface area contributed by atoms with Gasteiger partial charge in [-0.3, -0.25) is 14.5 Å². The molecule has 1 fully saturated rings. The molecule has 98 valence electrons. The van der Waals surface area contributed by atoms with Crippen molar-refractivity contribution in [3.8, 4) is 0 Å². The second-order valence-corrected chi connectivity index (χ2v) is 4.44. The normalized spacial score (nSPS) is 24.8.